The molecule has 18 heavy (non-hydrogen) atoms. The highest BCUT2D eigenvalue weighted by molar-refractivity contribution is 5.68. The zero-order chi connectivity index (χ0) is 14.0. The molecule has 106 valence electrons. The fraction of sp³-hybridized carbons (Fsp3) is 0.929. The van der Waals surface area contributed by atoms with Crippen LogP contribution in [0.3, 0.4) is 0 Å². The van der Waals surface area contributed by atoms with E-state index in [0.717, 1.165) is 12.8 Å². The van der Waals surface area contributed by atoms with Crippen LogP contribution in [0.1, 0.15) is 53.9 Å². The normalized spacial score (nSPS) is 29.9. The molecule has 1 amide bonds. The molecule has 1 saturated heterocycles. The van der Waals surface area contributed by atoms with Crippen molar-refractivity contribution in [1.82, 2.24) is 4.90 Å². The highest BCUT2D eigenvalue weighted by Crippen LogP contribution is 2.30. The number of hydrogen-bond donors (Lipinski definition) is 1. The number of carbonyl (C=O) groups excluding carboxylic acids is 1. The van der Waals surface area contributed by atoms with E-state index < -0.39 is 11.2 Å². The van der Waals surface area contributed by atoms with Crippen molar-refractivity contribution in [2.75, 3.05) is 13.1 Å². The third kappa shape index (κ3) is 3.87. The van der Waals surface area contributed by atoms with E-state index in [-0.39, 0.29) is 12.0 Å². The van der Waals surface area contributed by atoms with E-state index in [9.17, 15) is 9.90 Å². The Morgan fingerprint density at radius 3 is 2.61 bits per heavy atom. The summed E-state index contributed by atoms with van der Waals surface area (Å²) in [5.74, 6) is 0.218. The number of nitrogens with zero attached hydrogens (tertiary/aromatic N) is 1. The predicted molar refractivity (Wildman–Crippen MR) is 71.4 cm³/mol. The molecule has 0 saturated carbocycles. The Bertz CT molecular complexity index is 298. The fourth-order valence-electron chi connectivity index (χ4n) is 2.36. The van der Waals surface area contributed by atoms with Crippen molar-refractivity contribution in [3.8, 4) is 0 Å². The Morgan fingerprint density at radius 2 is 2.11 bits per heavy atom. The first-order chi connectivity index (χ1) is 8.18. The standard InChI is InChI=1S/C14H27NO3/c1-6-14(17)10-15(9-7-8-11(14)2)12(16)18-13(3,4)5/h11,17H,6-10H2,1-5H3/t11?,14-/m0/s1. The summed E-state index contributed by atoms with van der Waals surface area (Å²) in [5, 5.41) is 10.6. The number of amides is 1. The topological polar surface area (TPSA) is 49.8 Å². The van der Waals surface area contributed by atoms with E-state index in [0.29, 0.717) is 19.5 Å². The summed E-state index contributed by atoms with van der Waals surface area (Å²) < 4.78 is 5.38. The monoisotopic (exact) mass is 257 g/mol. The van der Waals surface area contributed by atoms with Gasteiger partial charge < -0.3 is 14.7 Å². The summed E-state index contributed by atoms with van der Waals surface area (Å²) in [4.78, 5) is 13.7. The van der Waals surface area contributed by atoms with Crippen LogP contribution < -0.4 is 0 Å². The zero-order valence-corrected chi connectivity index (χ0v) is 12.3. The van der Waals surface area contributed by atoms with Gasteiger partial charge in [-0.25, -0.2) is 4.79 Å². The van der Waals surface area contributed by atoms with E-state index in [1.807, 2.05) is 27.7 Å². The largest absolute Gasteiger partial charge is 0.444 e. The molecule has 1 aliphatic rings. The number of carbonyl (C=O) groups is 1. The molecule has 0 aromatic carbocycles. The third-order valence-electron chi connectivity index (χ3n) is 3.71. The molecule has 0 radical (unpaired) electrons. The Morgan fingerprint density at radius 1 is 1.50 bits per heavy atom. The van der Waals surface area contributed by atoms with Crippen LogP contribution in [0.25, 0.3) is 0 Å². The molecule has 1 aliphatic heterocycles. The first kappa shape index (κ1) is 15.3. The second-order valence-electron chi connectivity index (χ2n) is 6.40. The Balaban J connectivity index is 2.75. The van der Waals surface area contributed by atoms with Gasteiger partial charge in [0.2, 0.25) is 0 Å². The first-order valence-corrected chi connectivity index (χ1v) is 6.88. The lowest BCUT2D eigenvalue weighted by Crippen LogP contribution is -2.48. The summed E-state index contributed by atoms with van der Waals surface area (Å²) in [6.45, 7) is 10.6. The predicted octanol–water partition coefficient (Wildman–Crippen LogP) is 2.79. The van der Waals surface area contributed by atoms with Crippen LogP contribution in [0.5, 0.6) is 0 Å². The lowest BCUT2D eigenvalue weighted by atomic mass is 9.84. The molecule has 4 nitrogen and oxygen atoms in total. The number of aliphatic hydroxyl groups is 1. The quantitative estimate of drug-likeness (QED) is 0.786. The van der Waals surface area contributed by atoms with Crippen LogP contribution >= 0.6 is 0 Å². The van der Waals surface area contributed by atoms with Crippen LogP contribution in [0.2, 0.25) is 0 Å². The minimum Gasteiger partial charge on any atom is -0.444 e. The first-order valence-electron chi connectivity index (χ1n) is 6.88. The molecule has 4 heteroatoms. The molecule has 1 rings (SSSR count). The van der Waals surface area contributed by atoms with Gasteiger partial charge in [-0.15, -0.1) is 0 Å². The molecule has 1 N–H and O–H groups in total. The lowest BCUT2D eigenvalue weighted by molar-refractivity contribution is -0.0407. The summed E-state index contributed by atoms with van der Waals surface area (Å²) in [6.07, 6.45) is 2.21. The van der Waals surface area contributed by atoms with Gasteiger partial charge in [0, 0.05) is 6.54 Å². The van der Waals surface area contributed by atoms with Gasteiger partial charge in [0.15, 0.2) is 0 Å². The van der Waals surface area contributed by atoms with E-state index >= 15 is 0 Å². The van der Waals surface area contributed by atoms with Crippen LogP contribution in [0.4, 0.5) is 4.79 Å². The van der Waals surface area contributed by atoms with Crippen molar-refractivity contribution < 1.29 is 14.6 Å². The number of likely N-dealkylation sites (tertiary alicyclic amines) is 1. The van der Waals surface area contributed by atoms with E-state index in [2.05, 4.69) is 6.92 Å². The maximum Gasteiger partial charge on any atom is 0.410 e. The maximum atomic E-state index is 12.1. The number of ether oxygens (including phenoxy) is 1. The van der Waals surface area contributed by atoms with E-state index in [1.54, 1.807) is 4.90 Å². The molecule has 0 aromatic rings. The summed E-state index contributed by atoms with van der Waals surface area (Å²) in [7, 11) is 0. The third-order valence-corrected chi connectivity index (χ3v) is 3.71. The Hall–Kier alpha value is -0.770. The number of rotatable bonds is 1. The van der Waals surface area contributed by atoms with Gasteiger partial charge in [-0.05, 0) is 46.0 Å². The maximum absolute atomic E-state index is 12.1. The van der Waals surface area contributed by atoms with Gasteiger partial charge in [0.25, 0.3) is 0 Å². The van der Waals surface area contributed by atoms with E-state index in [1.165, 1.54) is 0 Å². The summed E-state index contributed by atoms with van der Waals surface area (Å²) in [5.41, 5.74) is -1.27. The van der Waals surface area contributed by atoms with Gasteiger partial charge in [-0.1, -0.05) is 13.8 Å². The molecule has 2 atom stereocenters. The van der Waals surface area contributed by atoms with Gasteiger partial charge in [0.1, 0.15) is 5.60 Å². The minimum absolute atomic E-state index is 0.218. The molecule has 0 aliphatic carbocycles. The Labute approximate surface area is 110 Å². The van der Waals surface area contributed by atoms with Crippen LogP contribution in [0, 0.1) is 5.92 Å². The van der Waals surface area contributed by atoms with Crippen LogP contribution in [0.15, 0.2) is 0 Å². The van der Waals surface area contributed by atoms with Gasteiger partial charge in [-0.3, -0.25) is 0 Å². The van der Waals surface area contributed by atoms with E-state index in [4.69, 9.17) is 4.74 Å². The van der Waals surface area contributed by atoms with Crippen molar-refractivity contribution in [2.24, 2.45) is 5.92 Å². The molecular formula is C14H27NO3. The lowest BCUT2D eigenvalue weighted by Gasteiger charge is -2.35. The summed E-state index contributed by atoms with van der Waals surface area (Å²) >= 11 is 0. The highest BCUT2D eigenvalue weighted by atomic mass is 16.6. The SMILES string of the molecule is CC[C@]1(O)CN(C(=O)OC(C)(C)C)CCCC1C. The molecule has 1 unspecified atom stereocenters. The van der Waals surface area contributed by atoms with Crippen molar-refractivity contribution in [3.05, 3.63) is 0 Å². The molecular weight excluding hydrogens is 230 g/mol. The van der Waals surface area contributed by atoms with Crippen LogP contribution in [-0.2, 0) is 4.74 Å². The van der Waals surface area contributed by atoms with Crippen molar-refractivity contribution in [1.29, 1.82) is 0 Å². The fourth-order valence-corrected chi connectivity index (χ4v) is 2.36. The summed E-state index contributed by atoms with van der Waals surface area (Å²) in [6, 6.07) is 0. The van der Waals surface area contributed by atoms with Crippen molar-refractivity contribution in [3.63, 3.8) is 0 Å². The molecule has 0 aromatic heterocycles. The second kappa shape index (κ2) is 5.47. The average Bonchev–Trinajstić information content (AvgIpc) is 2.38. The second-order valence-corrected chi connectivity index (χ2v) is 6.40. The molecule has 1 heterocycles. The van der Waals surface area contributed by atoms with Crippen molar-refractivity contribution >= 4 is 6.09 Å². The average molecular weight is 257 g/mol. The Kier molecular flexibility index (Phi) is 4.65. The molecule has 0 bridgehead atoms. The number of β-amino-alcohol motifs (C(OH)–C–C–N with tert-alkyl or cyclic N) is 1. The van der Waals surface area contributed by atoms with Crippen molar-refractivity contribution in [2.45, 2.75) is 65.1 Å². The number of hydrogen-bond acceptors (Lipinski definition) is 3. The van der Waals surface area contributed by atoms with Crippen LogP contribution in [-0.4, -0.2) is 40.4 Å². The van der Waals surface area contributed by atoms with Gasteiger partial charge >= 0.3 is 6.09 Å². The van der Waals surface area contributed by atoms with Gasteiger partial charge in [0.05, 0.1) is 12.1 Å². The molecule has 1 fully saturated rings. The molecule has 0 spiro atoms. The smallest absolute Gasteiger partial charge is 0.410 e. The zero-order valence-electron chi connectivity index (χ0n) is 12.3. The highest BCUT2D eigenvalue weighted by Gasteiger charge is 2.38. The minimum atomic E-state index is -0.784. The van der Waals surface area contributed by atoms with Gasteiger partial charge in [-0.2, -0.15) is 0 Å².